The summed E-state index contributed by atoms with van der Waals surface area (Å²) in [5.41, 5.74) is 8.29. The van der Waals surface area contributed by atoms with Gasteiger partial charge in [-0.2, -0.15) is 0 Å². The molecule has 2 N–H and O–H groups in total. The largest absolute Gasteiger partial charge is 0.493 e. The molecular weight excluding hydrogens is 214 g/mol. The molecule has 1 atom stereocenters. The number of nitrogens with two attached hydrogens (primary N) is 1. The standard InChI is InChI=1S/C14H21NO2/c1-10(2)8-9-12(15)11-6-5-7-13(16-3)14(11)17-4/h5-7,12H,1,8-9,15H2,2-4H3. The first-order chi connectivity index (χ1) is 8.10. The highest BCUT2D eigenvalue weighted by molar-refractivity contribution is 5.48. The Hall–Kier alpha value is -1.48. The van der Waals surface area contributed by atoms with Crippen LogP contribution in [-0.2, 0) is 0 Å². The van der Waals surface area contributed by atoms with E-state index in [1.165, 1.54) is 0 Å². The lowest BCUT2D eigenvalue weighted by atomic mass is 9.99. The van der Waals surface area contributed by atoms with E-state index >= 15 is 0 Å². The lowest BCUT2D eigenvalue weighted by molar-refractivity contribution is 0.349. The van der Waals surface area contributed by atoms with Gasteiger partial charge < -0.3 is 15.2 Å². The SMILES string of the molecule is C=C(C)CCC(N)c1cccc(OC)c1OC. The number of para-hydroxylation sites is 1. The van der Waals surface area contributed by atoms with Gasteiger partial charge in [-0.25, -0.2) is 0 Å². The van der Waals surface area contributed by atoms with Crippen LogP contribution in [0.2, 0.25) is 0 Å². The van der Waals surface area contributed by atoms with E-state index in [9.17, 15) is 0 Å². The lowest BCUT2D eigenvalue weighted by Gasteiger charge is -2.17. The first-order valence-corrected chi connectivity index (χ1v) is 5.71. The Bertz CT molecular complexity index is 388. The van der Waals surface area contributed by atoms with Gasteiger partial charge in [0.1, 0.15) is 0 Å². The predicted octanol–water partition coefficient (Wildman–Crippen LogP) is 3.06. The molecule has 3 heteroatoms. The Balaban J connectivity index is 2.92. The van der Waals surface area contributed by atoms with Crippen molar-refractivity contribution in [2.24, 2.45) is 5.73 Å². The van der Waals surface area contributed by atoms with E-state index in [1.807, 2.05) is 25.1 Å². The highest BCUT2D eigenvalue weighted by Crippen LogP contribution is 2.35. The van der Waals surface area contributed by atoms with E-state index in [0.717, 1.165) is 35.5 Å². The van der Waals surface area contributed by atoms with Crippen LogP contribution in [0.5, 0.6) is 11.5 Å². The number of ether oxygens (including phenoxy) is 2. The molecule has 0 aliphatic rings. The summed E-state index contributed by atoms with van der Waals surface area (Å²) in [6.07, 6.45) is 1.78. The van der Waals surface area contributed by atoms with Crippen molar-refractivity contribution in [2.45, 2.75) is 25.8 Å². The molecule has 0 amide bonds. The Kier molecular flexibility index (Phi) is 5.04. The third-order valence-electron chi connectivity index (χ3n) is 2.71. The van der Waals surface area contributed by atoms with Crippen LogP contribution < -0.4 is 15.2 Å². The Morgan fingerprint density at radius 2 is 2.06 bits per heavy atom. The average molecular weight is 235 g/mol. The minimum atomic E-state index is -0.0586. The maximum absolute atomic E-state index is 6.17. The lowest BCUT2D eigenvalue weighted by Crippen LogP contribution is -2.12. The molecule has 0 spiro atoms. The van der Waals surface area contributed by atoms with Crippen molar-refractivity contribution >= 4 is 0 Å². The highest BCUT2D eigenvalue weighted by Gasteiger charge is 2.15. The van der Waals surface area contributed by atoms with E-state index < -0.39 is 0 Å². The van der Waals surface area contributed by atoms with Gasteiger partial charge in [0, 0.05) is 11.6 Å². The summed E-state index contributed by atoms with van der Waals surface area (Å²) < 4.78 is 10.6. The van der Waals surface area contributed by atoms with Crippen molar-refractivity contribution in [1.29, 1.82) is 0 Å². The van der Waals surface area contributed by atoms with E-state index in [4.69, 9.17) is 15.2 Å². The molecule has 0 saturated carbocycles. The zero-order valence-electron chi connectivity index (χ0n) is 10.8. The first kappa shape index (κ1) is 13.6. The molecule has 0 heterocycles. The third kappa shape index (κ3) is 3.49. The second-order valence-corrected chi connectivity index (χ2v) is 4.19. The molecule has 0 saturated heterocycles. The van der Waals surface area contributed by atoms with Crippen molar-refractivity contribution in [3.05, 3.63) is 35.9 Å². The number of benzene rings is 1. The molecule has 3 nitrogen and oxygen atoms in total. The normalized spacial score (nSPS) is 12.0. The summed E-state index contributed by atoms with van der Waals surface area (Å²) in [5, 5.41) is 0. The van der Waals surface area contributed by atoms with Gasteiger partial charge in [0.05, 0.1) is 14.2 Å². The van der Waals surface area contributed by atoms with E-state index in [1.54, 1.807) is 14.2 Å². The van der Waals surface area contributed by atoms with Gasteiger partial charge in [-0.3, -0.25) is 0 Å². The number of hydrogen-bond donors (Lipinski definition) is 1. The van der Waals surface area contributed by atoms with Crippen LogP contribution in [-0.4, -0.2) is 14.2 Å². The van der Waals surface area contributed by atoms with Crippen molar-refractivity contribution < 1.29 is 9.47 Å². The van der Waals surface area contributed by atoms with E-state index in [2.05, 4.69) is 6.58 Å². The summed E-state index contributed by atoms with van der Waals surface area (Å²) in [4.78, 5) is 0. The van der Waals surface area contributed by atoms with Gasteiger partial charge in [0.15, 0.2) is 11.5 Å². The second-order valence-electron chi connectivity index (χ2n) is 4.19. The Morgan fingerprint density at radius 3 is 2.59 bits per heavy atom. The summed E-state index contributed by atoms with van der Waals surface area (Å²) in [7, 11) is 3.26. The number of rotatable bonds is 6. The minimum Gasteiger partial charge on any atom is -0.493 e. The molecule has 17 heavy (non-hydrogen) atoms. The van der Waals surface area contributed by atoms with Crippen LogP contribution in [0.1, 0.15) is 31.4 Å². The summed E-state index contributed by atoms with van der Waals surface area (Å²) >= 11 is 0. The Labute approximate surface area is 103 Å². The summed E-state index contributed by atoms with van der Waals surface area (Å²) in [6.45, 7) is 5.90. The number of methoxy groups -OCH3 is 2. The molecule has 94 valence electrons. The molecule has 1 aromatic carbocycles. The molecule has 0 fully saturated rings. The molecule has 1 unspecified atom stereocenters. The van der Waals surface area contributed by atoms with E-state index in [-0.39, 0.29) is 6.04 Å². The zero-order valence-corrected chi connectivity index (χ0v) is 10.8. The van der Waals surface area contributed by atoms with Gasteiger partial charge in [0.2, 0.25) is 0 Å². The molecule has 0 bridgehead atoms. The maximum atomic E-state index is 6.17. The maximum Gasteiger partial charge on any atom is 0.165 e. The topological polar surface area (TPSA) is 44.5 Å². The van der Waals surface area contributed by atoms with Crippen LogP contribution in [0.25, 0.3) is 0 Å². The van der Waals surface area contributed by atoms with Crippen molar-refractivity contribution in [3.63, 3.8) is 0 Å². The fourth-order valence-electron chi connectivity index (χ4n) is 1.76. The molecule has 1 rings (SSSR count). The fourth-order valence-corrected chi connectivity index (χ4v) is 1.76. The fraction of sp³-hybridized carbons (Fsp3) is 0.429. The van der Waals surface area contributed by atoms with Gasteiger partial charge in [-0.15, -0.1) is 6.58 Å². The molecule has 1 aromatic rings. The van der Waals surface area contributed by atoms with Crippen LogP contribution in [0.15, 0.2) is 30.4 Å². The number of hydrogen-bond acceptors (Lipinski definition) is 3. The van der Waals surface area contributed by atoms with Crippen molar-refractivity contribution in [3.8, 4) is 11.5 Å². The van der Waals surface area contributed by atoms with Crippen LogP contribution in [0.4, 0.5) is 0 Å². The molecule has 0 aliphatic carbocycles. The van der Waals surface area contributed by atoms with E-state index in [0.29, 0.717) is 0 Å². The molecule has 0 aromatic heterocycles. The van der Waals surface area contributed by atoms with Crippen LogP contribution in [0.3, 0.4) is 0 Å². The number of allylic oxidation sites excluding steroid dienone is 1. The summed E-state index contributed by atoms with van der Waals surface area (Å²) in [5.74, 6) is 1.44. The van der Waals surface area contributed by atoms with Crippen LogP contribution in [0, 0.1) is 0 Å². The van der Waals surface area contributed by atoms with Crippen LogP contribution >= 0.6 is 0 Å². The summed E-state index contributed by atoms with van der Waals surface area (Å²) in [6, 6.07) is 5.71. The average Bonchev–Trinajstić information content (AvgIpc) is 2.34. The van der Waals surface area contributed by atoms with Gasteiger partial charge in [0.25, 0.3) is 0 Å². The van der Waals surface area contributed by atoms with Gasteiger partial charge >= 0.3 is 0 Å². The predicted molar refractivity (Wildman–Crippen MR) is 70.5 cm³/mol. The Morgan fingerprint density at radius 1 is 1.35 bits per heavy atom. The smallest absolute Gasteiger partial charge is 0.165 e. The minimum absolute atomic E-state index is 0.0586. The zero-order chi connectivity index (χ0) is 12.8. The van der Waals surface area contributed by atoms with Gasteiger partial charge in [-0.05, 0) is 25.8 Å². The first-order valence-electron chi connectivity index (χ1n) is 5.71. The molecule has 0 aliphatic heterocycles. The highest BCUT2D eigenvalue weighted by atomic mass is 16.5. The molecular formula is C14H21NO2. The van der Waals surface area contributed by atoms with Gasteiger partial charge in [-0.1, -0.05) is 17.7 Å². The second kappa shape index (κ2) is 6.30. The quantitative estimate of drug-likeness (QED) is 0.771. The van der Waals surface area contributed by atoms with Crippen molar-refractivity contribution in [1.82, 2.24) is 0 Å². The monoisotopic (exact) mass is 235 g/mol. The molecule has 0 radical (unpaired) electrons. The third-order valence-corrected chi connectivity index (χ3v) is 2.71. The van der Waals surface area contributed by atoms with Crippen molar-refractivity contribution in [2.75, 3.05) is 14.2 Å².